The van der Waals surface area contributed by atoms with Gasteiger partial charge < -0.3 is 15.1 Å². The van der Waals surface area contributed by atoms with Gasteiger partial charge in [-0.15, -0.1) is 0 Å². The van der Waals surface area contributed by atoms with E-state index in [1.807, 2.05) is 6.07 Å². The van der Waals surface area contributed by atoms with Crippen molar-refractivity contribution in [1.82, 2.24) is 10.2 Å². The molecule has 0 radical (unpaired) electrons. The van der Waals surface area contributed by atoms with E-state index in [2.05, 4.69) is 62.2 Å². The molecule has 0 aromatic heterocycles. The van der Waals surface area contributed by atoms with E-state index in [4.69, 9.17) is 11.6 Å². The van der Waals surface area contributed by atoms with Crippen LogP contribution in [0.5, 0.6) is 0 Å². The Morgan fingerprint density at radius 1 is 1.14 bits per heavy atom. The topological polar surface area (TPSA) is 18.5 Å². The molecule has 0 spiro atoms. The van der Waals surface area contributed by atoms with Gasteiger partial charge in [-0.2, -0.15) is 0 Å². The maximum atomic E-state index is 6.16. The maximum Gasteiger partial charge on any atom is 0.0410 e. The Kier molecular flexibility index (Phi) is 8.09. The largest absolute Gasteiger partial charge is 0.374 e. The lowest BCUT2D eigenvalue weighted by atomic mass is 10.1. The molecule has 4 heteroatoms. The van der Waals surface area contributed by atoms with Crippen molar-refractivity contribution < 1.29 is 0 Å². The third-order valence-electron chi connectivity index (χ3n) is 3.42. The van der Waals surface area contributed by atoms with Gasteiger partial charge in [-0.1, -0.05) is 25.4 Å². The second kappa shape index (κ2) is 9.29. The van der Waals surface area contributed by atoms with E-state index in [0.29, 0.717) is 5.92 Å². The SMILES string of the molecule is CC(C)CNCc1cc(Cl)ccc1N(C)CCCN(C)C. The average Bonchev–Trinajstić information content (AvgIpc) is 2.37. The maximum absolute atomic E-state index is 6.16. The highest BCUT2D eigenvalue weighted by atomic mass is 35.5. The molecule has 1 rings (SSSR count). The van der Waals surface area contributed by atoms with Gasteiger partial charge in [0.1, 0.15) is 0 Å². The monoisotopic (exact) mass is 311 g/mol. The van der Waals surface area contributed by atoms with Crippen LogP contribution in [0.3, 0.4) is 0 Å². The molecule has 0 saturated carbocycles. The molecule has 0 amide bonds. The zero-order valence-electron chi connectivity index (χ0n) is 14.1. The Labute approximate surface area is 135 Å². The van der Waals surface area contributed by atoms with E-state index in [1.54, 1.807) is 0 Å². The highest BCUT2D eigenvalue weighted by molar-refractivity contribution is 6.30. The van der Waals surface area contributed by atoms with E-state index in [9.17, 15) is 0 Å². The van der Waals surface area contributed by atoms with Gasteiger partial charge in [0.15, 0.2) is 0 Å². The molecule has 0 unspecified atom stereocenters. The normalized spacial score (nSPS) is 11.4. The zero-order valence-corrected chi connectivity index (χ0v) is 14.9. The molecule has 0 aliphatic rings. The van der Waals surface area contributed by atoms with Crippen LogP contribution in [-0.2, 0) is 6.54 Å². The van der Waals surface area contributed by atoms with Gasteiger partial charge >= 0.3 is 0 Å². The Bertz CT molecular complexity index is 418. The third kappa shape index (κ3) is 7.16. The summed E-state index contributed by atoms with van der Waals surface area (Å²) >= 11 is 6.16. The fraction of sp³-hybridized carbons (Fsp3) is 0.647. The number of rotatable bonds is 9. The summed E-state index contributed by atoms with van der Waals surface area (Å²) in [4.78, 5) is 4.55. The summed E-state index contributed by atoms with van der Waals surface area (Å²) < 4.78 is 0. The molecule has 0 aliphatic heterocycles. The van der Waals surface area contributed by atoms with Gasteiger partial charge in [0.05, 0.1) is 0 Å². The molecule has 0 heterocycles. The van der Waals surface area contributed by atoms with Crippen LogP contribution in [0.4, 0.5) is 5.69 Å². The van der Waals surface area contributed by atoms with Crippen molar-refractivity contribution in [1.29, 1.82) is 0 Å². The number of nitrogens with zero attached hydrogens (tertiary/aromatic N) is 2. The van der Waals surface area contributed by atoms with Gasteiger partial charge in [-0.25, -0.2) is 0 Å². The number of nitrogens with one attached hydrogen (secondary N) is 1. The minimum Gasteiger partial charge on any atom is -0.374 e. The summed E-state index contributed by atoms with van der Waals surface area (Å²) in [5, 5.41) is 4.31. The van der Waals surface area contributed by atoms with Crippen LogP contribution >= 0.6 is 11.6 Å². The summed E-state index contributed by atoms with van der Waals surface area (Å²) in [6.07, 6.45) is 1.16. The molecule has 21 heavy (non-hydrogen) atoms. The van der Waals surface area contributed by atoms with E-state index in [-0.39, 0.29) is 0 Å². The van der Waals surface area contributed by atoms with Crippen molar-refractivity contribution in [2.24, 2.45) is 5.92 Å². The molecule has 1 N–H and O–H groups in total. The molecular weight excluding hydrogens is 282 g/mol. The van der Waals surface area contributed by atoms with Gasteiger partial charge in [0.2, 0.25) is 0 Å². The van der Waals surface area contributed by atoms with Crippen LogP contribution in [0.1, 0.15) is 25.8 Å². The number of benzene rings is 1. The van der Waals surface area contributed by atoms with Crippen molar-refractivity contribution in [2.75, 3.05) is 45.7 Å². The summed E-state index contributed by atoms with van der Waals surface area (Å²) in [5.74, 6) is 0.658. The van der Waals surface area contributed by atoms with Crippen LogP contribution in [0, 0.1) is 5.92 Å². The third-order valence-corrected chi connectivity index (χ3v) is 3.65. The van der Waals surface area contributed by atoms with Crippen molar-refractivity contribution >= 4 is 17.3 Å². The van der Waals surface area contributed by atoms with Gasteiger partial charge in [-0.3, -0.25) is 0 Å². The van der Waals surface area contributed by atoms with Gasteiger partial charge in [0.25, 0.3) is 0 Å². The second-order valence-corrected chi connectivity index (χ2v) is 6.81. The van der Waals surface area contributed by atoms with E-state index >= 15 is 0 Å². The summed E-state index contributed by atoms with van der Waals surface area (Å²) in [6.45, 7) is 8.50. The zero-order chi connectivity index (χ0) is 15.8. The standard InChI is InChI=1S/C17H30ClN3/c1-14(2)12-19-13-15-11-16(18)7-8-17(15)21(5)10-6-9-20(3)4/h7-8,11,14,19H,6,9-10,12-13H2,1-5H3. The van der Waals surface area contributed by atoms with Crippen LogP contribution < -0.4 is 10.2 Å². The quantitative estimate of drug-likeness (QED) is 0.753. The lowest BCUT2D eigenvalue weighted by Crippen LogP contribution is -2.26. The van der Waals surface area contributed by atoms with Crippen molar-refractivity contribution in [3.8, 4) is 0 Å². The van der Waals surface area contributed by atoms with E-state index in [0.717, 1.165) is 37.6 Å². The highest BCUT2D eigenvalue weighted by Gasteiger charge is 2.08. The smallest absolute Gasteiger partial charge is 0.0410 e. The van der Waals surface area contributed by atoms with Crippen molar-refractivity contribution in [2.45, 2.75) is 26.8 Å². The van der Waals surface area contributed by atoms with E-state index in [1.165, 1.54) is 11.3 Å². The first kappa shape index (κ1) is 18.3. The van der Waals surface area contributed by atoms with Gasteiger partial charge in [-0.05, 0) is 63.3 Å². The fourth-order valence-corrected chi connectivity index (χ4v) is 2.50. The minimum atomic E-state index is 0.658. The molecular formula is C17H30ClN3. The molecule has 1 aromatic carbocycles. The molecule has 0 bridgehead atoms. The van der Waals surface area contributed by atoms with Crippen LogP contribution in [-0.4, -0.2) is 45.7 Å². The fourth-order valence-electron chi connectivity index (χ4n) is 2.31. The van der Waals surface area contributed by atoms with Crippen LogP contribution in [0.25, 0.3) is 0 Å². The molecule has 3 nitrogen and oxygen atoms in total. The minimum absolute atomic E-state index is 0.658. The second-order valence-electron chi connectivity index (χ2n) is 6.38. The first-order valence-electron chi connectivity index (χ1n) is 7.75. The van der Waals surface area contributed by atoms with Crippen molar-refractivity contribution in [3.05, 3.63) is 28.8 Å². The lowest BCUT2D eigenvalue weighted by Gasteiger charge is -2.24. The first-order valence-corrected chi connectivity index (χ1v) is 8.13. The summed E-state index contributed by atoms with van der Waals surface area (Å²) in [5.41, 5.74) is 2.55. The number of hydrogen-bond acceptors (Lipinski definition) is 3. The van der Waals surface area contributed by atoms with Crippen LogP contribution in [0.15, 0.2) is 18.2 Å². The first-order chi connectivity index (χ1) is 9.90. The Morgan fingerprint density at radius 2 is 1.86 bits per heavy atom. The average molecular weight is 312 g/mol. The Hall–Kier alpha value is -0.770. The number of hydrogen-bond donors (Lipinski definition) is 1. The summed E-state index contributed by atoms with van der Waals surface area (Å²) in [7, 11) is 6.39. The lowest BCUT2D eigenvalue weighted by molar-refractivity contribution is 0.401. The molecule has 0 saturated heterocycles. The predicted octanol–water partition coefficient (Wildman–Crippen LogP) is 3.47. The predicted molar refractivity (Wildman–Crippen MR) is 94.4 cm³/mol. The molecule has 0 atom stereocenters. The Morgan fingerprint density at radius 3 is 2.48 bits per heavy atom. The summed E-state index contributed by atoms with van der Waals surface area (Å²) in [6, 6.07) is 6.18. The van der Waals surface area contributed by atoms with Gasteiger partial charge in [0, 0.05) is 30.8 Å². The van der Waals surface area contributed by atoms with Crippen LogP contribution in [0.2, 0.25) is 5.02 Å². The molecule has 1 aromatic rings. The highest BCUT2D eigenvalue weighted by Crippen LogP contribution is 2.23. The van der Waals surface area contributed by atoms with E-state index < -0.39 is 0 Å². The number of anilines is 1. The van der Waals surface area contributed by atoms with Crippen molar-refractivity contribution in [3.63, 3.8) is 0 Å². The molecule has 0 fully saturated rings. The molecule has 0 aliphatic carbocycles. The number of halogens is 1. The molecule has 120 valence electrons. The Balaban J connectivity index is 2.66.